The molecule has 0 bridgehead atoms. The molecule has 1 aromatic carbocycles. The largest absolute Gasteiger partial charge is 0.496 e. The maximum Gasteiger partial charge on any atom is 0.410 e. The van der Waals surface area contributed by atoms with E-state index in [1.165, 1.54) is 0 Å². The van der Waals surface area contributed by atoms with Crippen molar-refractivity contribution >= 4 is 34.8 Å². The molecule has 3 heterocycles. The van der Waals surface area contributed by atoms with Gasteiger partial charge in [-0.15, -0.1) is 0 Å². The summed E-state index contributed by atoms with van der Waals surface area (Å²) in [4.78, 5) is 28.0. The number of ether oxygens (including phenoxy) is 2. The summed E-state index contributed by atoms with van der Waals surface area (Å²) in [6, 6.07) is 3.71. The molecule has 10 heteroatoms. The van der Waals surface area contributed by atoms with Crippen molar-refractivity contribution in [2.24, 2.45) is 7.05 Å². The maximum atomic E-state index is 12.3. The molecule has 0 unspecified atom stereocenters. The summed E-state index contributed by atoms with van der Waals surface area (Å²) in [6.45, 7) is 8.74. The minimum absolute atomic E-state index is 0.0612. The summed E-state index contributed by atoms with van der Waals surface area (Å²) in [5, 5.41) is 3.98. The van der Waals surface area contributed by atoms with Crippen molar-refractivity contribution < 1.29 is 14.3 Å². The van der Waals surface area contributed by atoms with E-state index < -0.39 is 5.60 Å². The summed E-state index contributed by atoms with van der Waals surface area (Å²) in [6.07, 6.45) is 2.19. The number of nitrogens with zero attached hydrogens (tertiary/aromatic N) is 5. The average molecular weight is 473 g/mol. The molecule has 0 aliphatic carbocycles. The molecule has 1 atom stereocenters. The van der Waals surface area contributed by atoms with Gasteiger partial charge in [0, 0.05) is 31.2 Å². The minimum Gasteiger partial charge on any atom is -0.496 e. The number of rotatable bonds is 4. The van der Waals surface area contributed by atoms with Crippen molar-refractivity contribution in [2.75, 3.05) is 25.5 Å². The molecule has 1 aliphatic heterocycles. The Labute approximate surface area is 198 Å². The van der Waals surface area contributed by atoms with E-state index in [1.807, 2.05) is 45.4 Å². The molecule has 1 aliphatic rings. The van der Waals surface area contributed by atoms with E-state index in [9.17, 15) is 4.79 Å². The van der Waals surface area contributed by atoms with Gasteiger partial charge < -0.3 is 24.3 Å². The van der Waals surface area contributed by atoms with Gasteiger partial charge in [0.15, 0.2) is 11.3 Å². The molecule has 0 saturated carbocycles. The first-order chi connectivity index (χ1) is 15.6. The summed E-state index contributed by atoms with van der Waals surface area (Å²) < 4.78 is 12.9. The maximum absolute atomic E-state index is 12.3. The van der Waals surface area contributed by atoms with E-state index in [-0.39, 0.29) is 12.1 Å². The number of amides is 1. The second-order valence-corrected chi connectivity index (χ2v) is 9.69. The van der Waals surface area contributed by atoms with E-state index in [0.717, 1.165) is 17.5 Å². The molecule has 1 amide bonds. The second kappa shape index (κ2) is 8.70. The van der Waals surface area contributed by atoms with Crippen LogP contribution in [0.4, 0.5) is 10.6 Å². The SMILES string of the molecule is COc1cc(Cl)cc(C)c1-c1nc2nc(N[C@@H]3CCN(C(=O)OC(C)(C)C)C3)cnc2n1C. The van der Waals surface area contributed by atoms with Crippen LogP contribution in [-0.2, 0) is 11.8 Å². The molecule has 0 radical (unpaired) electrons. The van der Waals surface area contributed by atoms with Crippen LogP contribution in [0.25, 0.3) is 22.7 Å². The molecule has 0 spiro atoms. The topological polar surface area (TPSA) is 94.4 Å². The molecular formula is C23H29ClN6O3. The van der Waals surface area contributed by atoms with Crippen LogP contribution < -0.4 is 10.1 Å². The number of nitrogens with one attached hydrogen (secondary N) is 1. The van der Waals surface area contributed by atoms with Crippen LogP contribution in [0.2, 0.25) is 5.02 Å². The van der Waals surface area contributed by atoms with Gasteiger partial charge in [0.05, 0.1) is 18.9 Å². The van der Waals surface area contributed by atoms with Gasteiger partial charge in [0.1, 0.15) is 23.0 Å². The Kier molecular flexibility index (Phi) is 6.09. The molecule has 176 valence electrons. The average Bonchev–Trinajstić information content (AvgIpc) is 3.31. The number of benzene rings is 1. The third-order valence-corrected chi connectivity index (χ3v) is 5.70. The van der Waals surface area contributed by atoms with E-state index in [0.29, 0.717) is 46.8 Å². The van der Waals surface area contributed by atoms with Gasteiger partial charge in [-0.2, -0.15) is 0 Å². The summed E-state index contributed by atoms with van der Waals surface area (Å²) >= 11 is 6.20. The van der Waals surface area contributed by atoms with Crippen LogP contribution in [0.5, 0.6) is 5.75 Å². The minimum atomic E-state index is -0.513. The van der Waals surface area contributed by atoms with Crippen molar-refractivity contribution in [1.82, 2.24) is 24.4 Å². The smallest absolute Gasteiger partial charge is 0.410 e. The summed E-state index contributed by atoms with van der Waals surface area (Å²) in [5.74, 6) is 1.96. The third-order valence-electron chi connectivity index (χ3n) is 5.48. The standard InChI is InChI=1S/C23H29ClN6O3/c1-13-9-14(24)10-16(32-6)18(13)20-28-19-21(29(20)5)25-11-17(27-19)26-15-7-8-30(12-15)22(31)33-23(2,3)4/h9-11,15H,7-8,12H2,1-6H3,(H,26,27)/t15-/m1/s1. The first-order valence-electron chi connectivity index (χ1n) is 10.8. The number of anilines is 1. The van der Waals surface area contributed by atoms with E-state index in [1.54, 1.807) is 24.3 Å². The lowest BCUT2D eigenvalue weighted by Gasteiger charge is -2.24. The van der Waals surface area contributed by atoms with Crippen LogP contribution in [-0.4, -0.2) is 62.4 Å². The highest BCUT2D eigenvalue weighted by Crippen LogP contribution is 2.36. The van der Waals surface area contributed by atoms with Crippen LogP contribution in [0.3, 0.4) is 0 Å². The quantitative estimate of drug-likeness (QED) is 0.600. The summed E-state index contributed by atoms with van der Waals surface area (Å²) in [7, 11) is 3.51. The zero-order valence-corrected chi connectivity index (χ0v) is 20.5. The normalized spacial score (nSPS) is 16.3. The van der Waals surface area contributed by atoms with Crippen molar-refractivity contribution in [3.8, 4) is 17.1 Å². The van der Waals surface area contributed by atoms with Gasteiger partial charge in [0.25, 0.3) is 0 Å². The molecule has 33 heavy (non-hydrogen) atoms. The van der Waals surface area contributed by atoms with E-state index in [2.05, 4.69) is 15.3 Å². The first kappa shape index (κ1) is 23.1. The lowest BCUT2D eigenvalue weighted by atomic mass is 10.1. The molecule has 9 nitrogen and oxygen atoms in total. The number of aromatic nitrogens is 4. The number of imidazole rings is 1. The molecule has 1 N–H and O–H groups in total. The Morgan fingerprint density at radius 1 is 1.27 bits per heavy atom. The fourth-order valence-electron chi connectivity index (χ4n) is 3.99. The number of methoxy groups -OCH3 is 1. The van der Waals surface area contributed by atoms with Crippen molar-refractivity contribution in [3.63, 3.8) is 0 Å². The lowest BCUT2D eigenvalue weighted by molar-refractivity contribution is 0.0293. The number of carbonyl (C=O) groups is 1. The summed E-state index contributed by atoms with van der Waals surface area (Å²) in [5.41, 5.74) is 2.47. The monoisotopic (exact) mass is 472 g/mol. The van der Waals surface area contributed by atoms with Crippen molar-refractivity contribution in [2.45, 2.75) is 45.8 Å². The highest BCUT2D eigenvalue weighted by atomic mass is 35.5. The van der Waals surface area contributed by atoms with E-state index >= 15 is 0 Å². The number of carbonyl (C=O) groups excluding carboxylic acids is 1. The zero-order valence-electron chi connectivity index (χ0n) is 19.8. The van der Waals surface area contributed by atoms with E-state index in [4.69, 9.17) is 26.1 Å². The molecule has 1 fully saturated rings. The first-order valence-corrected chi connectivity index (χ1v) is 11.2. The fraction of sp³-hybridized carbons (Fsp3) is 0.478. The predicted molar refractivity (Wildman–Crippen MR) is 128 cm³/mol. The lowest BCUT2D eigenvalue weighted by Crippen LogP contribution is -2.36. The van der Waals surface area contributed by atoms with Gasteiger partial charge >= 0.3 is 6.09 Å². The number of aryl methyl sites for hydroxylation is 2. The molecule has 1 saturated heterocycles. The van der Waals surface area contributed by atoms with Crippen molar-refractivity contribution in [3.05, 3.63) is 28.9 Å². The number of likely N-dealkylation sites (tertiary alicyclic amines) is 1. The molecule has 4 rings (SSSR count). The van der Waals surface area contributed by atoms with Gasteiger partial charge in [-0.3, -0.25) is 0 Å². The van der Waals surface area contributed by atoms with Gasteiger partial charge in [-0.25, -0.2) is 19.7 Å². The Bertz CT molecular complexity index is 1200. The zero-order chi connectivity index (χ0) is 23.9. The Morgan fingerprint density at radius 3 is 2.73 bits per heavy atom. The Morgan fingerprint density at radius 2 is 2.03 bits per heavy atom. The van der Waals surface area contributed by atoms with Gasteiger partial charge in [0.2, 0.25) is 0 Å². The van der Waals surface area contributed by atoms with Crippen LogP contribution in [0.1, 0.15) is 32.8 Å². The van der Waals surface area contributed by atoms with Crippen LogP contribution >= 0.6 is 11.6 Å². The number of hydrogen-bond donors (Lipinski definition) is 1. The Hall–Kier alpha value is -3.07. The molecular weight excluding hydrogens is 444 g/mol. The van der Waals surface area contributed by atoms with Crippen LogP contribution in [0.15, 0.2) is 18.3 Å². The highest BCUT2D eigenvalue weighted by Gasteiger charge is 2.30. The molecule has 2 aromatic heterocycles. The number of hydrogen-bond acceptors (Lipinski definition) is 7. The number of halogens is 1. The third kappa shape index (κ3) is 4.83. The number of fused-ring (bicyclic) bond motifs is 1. The fourth-order valence-corrected chi connectivity index (χ4v) is 4.26. The van der Waals surface area contributed by atoms with Gasteiger partial charge in [-0.1, -0.05) is 11.6 Å². The predicted octanol–water partition coefficient (Wildman–Crippen LogP) is 4.42. The van der Waals surface area contributed by atoms with Crippen molar-refractivity contribution in [1.29, 1.82) is 0 Å². The second-order valence-electron chi connectivity index (χ2n) is 9.25. The van der Waals surface area contributed by atoms with Crippen LogP contribution in [0, 0.1) is 6.92 Å². The highest BCUT2D eigenvalue weighted by molar-refractivity contribution is 6.31. The van der Waals surface area contributed by atoms with Gasteiger partial charge in [-0.05, 0) is 51.8 Å². The Balaban J connectivity index is 1.55. The molecule has 3 aromatic rings.